The molecular formula is C12H17NOS. The summed E-state index contributed by atoms with van der Waals surface area (Å²) in [7, 11) is 0. The summed E-state index contributed by atoms with van der Waals surface area (Å²) < 4.78 is 0. The molecule has 1 aromatic carbocycles. The van der Waals surface area contributed by atoms with E-state index in [0.717, 1.165) is 5.56 Å². The molecule has 0 spiro atoms. The molecule has 3 N–H and O–H groups in total. The van der Waals surface area contributed by atoms with Gasteiger partial charge in [0.2, 0.25) is 0 Å². The normalized spacial score (nSPS) is 14.6. The Morgan fingerprint density at radius 1 is 1.40 bits per heavy atom. The van der Waals surface area contributed by atoms with Gasteiger partial charge in [0.05, 0.1) is 4.99 Å². The van der Waals surface area contributed by atoms with Crippen LogP contribution in [0.3, 0.4) is 0 Å². The SMILES string of the molecule is Cc1cc(O)ccc1C(C)C(C)C(N)=S. The summed E-state index contributed by atoms with van der Waals surface area (Å²) >= 11 is 4.99. The number of thiocarbonyl (C=S) groups is 1. The number of aromatic hydroxyl groups is 1. The third-order valence-electron chi connectivity index (χ3n) is 2.94. The van der Waals surface area contributed by atoms with Gasteiger partial charge in [-0.1, -0.05) is 32.1 Å². The Morgan fingerprint density at radius 3 is 2.47 bits per heavy atom. The lowest BCUT2D eigenvalue weighted by molar-refractivity contribution is 0.474. The van der Waals surface area contributed by atoms with E-state index in [1.165, 1.54) is 5.56 Å². The molecule has 0 heterocycles. The second kappa shape index (κ2) is 4.62. The average Bonchev–Trinajstić information content (AvgIpc) is 2.15. The first-order valence-corrected chi connectivity index (χ1v) is 5.43. The Bertz CT molecular complexity index is 376. The molecule has 0 saturated heterocycles. The Kier molecular flexibility index (Phi) is 3.69. The number of benzene rings is 1. The molecule has 1 aromatic rings. The van der Waals surface area contributed by atoms with E-state index in [1.807, 2.05) is 19.9 Å². The van der Waals surface area contributed by atoms with Crippen molar-refractivity contribution in [3.05, 3.63) is 29.3 Å². The highest BCUT2D eigenvalue weighted by atomic mass is 32.1. The van der Waals surface area contributed by atoms with Crippen molar-refractivity contribution in [2.45, 2.75) is 26.7 Å². The summed E-state index contributed by atoms with van der Waals surface area (Å²) in [6.07, 6.45) is 0. The van der Waals surface area contributed by atoms with Crippen LogP contribution < -0.4 is 5.73 Å². The quantitative estimate of drug-likeness (QED) is 0.774. The van der Waals surface area contributed by atoms with Gasteiger partial charge in [-0.2, -0.15) is 0 Å². The van der Waals surface area contributed by atoms with Gasteiger partial charge >= 0.3 is 0 Å². The number of nitrogens with two attached hydrogens (primary N) is 1. The lowest BCUT2D eigenvalue weighted by Crippen LogP contribution is -2.23. The van der Waals surface area contributed by atoms with E-state index in [9.17, 15) is 5.11 Å². The third kappa shape index (κ3) is 2.69. The number of hydrogen-bond donors (Lipinski definition) is 2. The molecule has 2 nitrogen and oxygen atoms in total. The van der Waals surface area contributed by atoms with Gasteiger partial charge in [-0.3, -0.25) is 0 Å². The summed E-state index contributed by atoms with van der Waals surface area (Å²) in [4.78, 5) is 0.537. The average molecular weight is 223 g/mol. The number of rotatable bonds is 3. The molecule has 0 aromatic heterocycles. The first kappa shape index (κ1) is 12.0. The maximum atomic E-state index is 9.32. The van der Waals surface area contributed by atoms with Gasteiger partial charge in [-0.25, -0.2) is 0 Å². The topological polar surface area (TPSA) is 46.2 Å². The zero-order valence-electron chi connectivity index (χ0n) is 9.32. The summed E-state index contributed by atoms with van der Waals surface area (Å²) in [5, 5.41) is 9.32. The van der Waals surface area contributed by atoms with Crippen LogP contribution in [-0.2, 0) is 0 Å². The maximum absolute atomic E-state index is 9.32. The van der Waals surface area contributed by atoms with E-state index in [1.54, 1.807) is 12.1 Å². The van der Waals surface area contributed by atoms with E-state index in [4.69, 9.17) is 18.0 Å². The van der Waals surface area contributed by atoms with Crippen molar-refractivity contribution in [2.75, 3.05) is 0 Å². The molecule has 1 rings (SSSR count). The number of hydrogen-bond acceptors (Lipinski definition) is 2. The smallest absolute Gasteiger partial charge is 0.115 e. The van der Waals surface area contributed by atoms with Gasteiger partial charge in [-0.15, -0.1) is 0 Å². The number of phenols is 1. The van der Waals surface area contributed by atoms with Crippen LogP contribution in [0.25, 0.3) is 0 Å². The summed E-state index contributed by atoms with van der Waals surface area (Å²) in [6.45, 7) is 6.11. The van der Waals surface area contributed by atoms with Crippen LogP contribution in [0, 0.1) is 12.8 Å². The van der Waals surface area contributed by atoms with Gasteiger partial charge in [0.25, 0.3) is 0 Å². The zero-order valence-corrected chi connectivity index (χ0v) is 10.1. The second-order valence-electron chi connectivity index (χ2n) is 4.02. The van der Waals surface area contributed by atoms with Crippen LogP contribution in [0.15, 0.2) is 18.2 Å². The molecule has 0 bridgehead atoms. The van der Waals surface area contributed by atoms with Crippen molar-refractivity contribution >= 4 is 17.2 Å². The van der Waals surface area contributed by atoms with Gasteiger partial charge in [0.1, 0.15) is 5.75 Å². The standard InChI is InChI=1S/C12H17NOS/c1-7-6-10(14)4-5-11(7)8(2)9(3)12(13)15/h4-6,8-9,14H,1-3H3,(H2,13,15). The maximum Gasteiger partial charge on any atom is 0.115 e. The van der Waals surface area contributed by atoms with E-state index < -0.39 is 0 Å². The molecule has 0 aliphatic heterocycles. The highest BCUT2D eigenvalue weighted by Gasteiger charge is 2.18. The minimum absolute atomic E-state index is 0.170. The monoisotopic (exact) mass is 223 g/mol. The van der Waals surface area contributed by atoms with Crippen molar-refractivity contribution in [2.24, 2.45) is 11.7 Å². The van der Waals surface area contributed by atoms with Crippen LogP contribution in [-0.4, -0.2) is 10.1 Å². The molecule has 0 aliphatic rings. The van der Waals surface area contributed by atoms with E-state index in [2.05, 4.69) is 6.92 Å². The van der Waals surface area contributed by atoms with Crippen molar-refractivity contribution < 1.29 is 5.11 Å². The van der Waals surface area contributed by atoms with Crippen molar-refractivity contribution in [1.29, 1.82) is 0 Å². The first-order chi connectivity index (χ1) is 6.93. The van der Waals surface area contributed by atoms with Gasteiger partial charge in [-0.05, 0) is 36.1 Å². The van der Waals surface area contributed by atoms with Gasteiger partial charge in [0, 0.05) is 5.92 Å². The minimum atomic E-state index is 0.170. The fraction of sp³-hybridized carbons (Fsp3) is 0.417. The molecule has 0 amide bonds. The van der Waals surface area contributed by atoms with Gasteiger partial charge in [0.15, 0.2) is 0 Å². The molecule has 2 unspecified atom stereocenters. The van der Waals surface area contributed by atoms with E-state index >= 15 is 0 Å². The summed E-state index contributed by atoms with van der Waals surface area (Å²) in [5.74, 6) is 0.748. The van der Waals surface area contributed by atoms with Crippen LogP contribution in [0.4, 0.5) is 0 Å². The summed E-state index contributed by atoms with van der Waals surface area (Å²) in [6, 6.07) is 5.40. The molecule has 0 aliphatic carbocycles. The molecule has 82 valence electrons. The number of aryl methyl sites for hydroxylation is 1. The Labute approximate surface area is 96.1 Å². The lowest BCUT2D eigenvalue weighted by Gasteiger charge is -2.21. The molecule has 15 heavy (non-hydrogen) atoms. The zero-order chi connectivity index (χ0) is 11.6. The van der Waals surface area contributed by atoms with E-state index in [0.29, 0.717) is 10.7 Å². The minimum Gasteiger partial charge on any atom is -0.508 e. The predicted octanol–water partition coefficient (Wildman–Crippen LogP) is 2.73. The van der Waals surface area contributed by atoms with Crippen molar-refractivity contribution in [3.8, 4) is 5.75 Å². The molecular weight excluding hydrogens is 206 g/mol. The molecule has 0 saturated carbocycles. The van der Waals surface area contributed by atoms with Crippen molar-refractivity contribution in [3.63, 3.8) is 0 Å². The van der Waals surface area contributed by atoms with Crippen LogP contribution in [0.5, 0.6) is 5.75 Å². The fourth-order valence-electron chi connectivity index (χ4n) is 1.69. The highest BCUT2D eigenvalue weighted by Crippen LogP contribution is 2.28. The lowest BCUT2D eigenvalue weighted by atomic mass is 9.86. The Balaban J connectivity index is 3.01. The second-order valence-corrected chi connectivity index (χ2v) is 4.49. The Morgan fingerprint density at radius 2 is 2.00 bits per heavy atom. The summed E-state index contributed by atoms with van der Waals surface area (Å²) in [5.41, 5.74) is 7.90. The van der Waals surface area contributed by atoms with Crippen LogP contribution >= 0.6 is 12.2 Å². The highest BCUT2D eigenvalue weighted by molar-refractivity contribution is 7.80. The Hall–Kier alpha value is -1.09. The van der Waals surface area contributed by atoms with Gasteiger partial charge < -0.3 is 10.8 Å². The molecule has 0 radical (unpaired) electrons. The van der Waals surface area contributed by atoms with Crippen LogP contribution in [0.1, 0.15) is 30.9 Å². The third-order valence-corrected chi connectivity index (χ3v) is 3.31. The molecule has 3 heteroatoms. The fourth-order valence-corrected chi connectivity index (χ4v) is 1.89. The number of phenolic OH excluding ortho intramolecular Hbond substituents is 1. The largest absolute Gasteiger partial charge is 0.508 e. The predicted molar refractivity (Wildman–Crippen MR) is 67.2 cm³/mol. The molecule has 0 fully saturated rings. The van der Waals surface area contributed by atoms with Crippen molar-refractivity contribution in [1.82, 2.24) is 0 Å². The molecule has 2 atom stereocenters. The van der Waals surface area contributed by atoms with E-state index in [-0.39, 0.29) is 11.8 Å². The first-order valence-electron chi connectivity index (χ1n) is 5.02. The van der Waals surface area contributed by atoms with Crippen LogP contribution in [0.2, 0.25) is 0 Å².